The number of carbonyl (C=O) groups excluding carboxylic acids is 2. The number of nitrogens with one attached hydrogen (secondary N) is 3. The van der Waals surface area contributed by atoms with Gasteiger partial charge in [-0.05, 0) is 31.0 Å². The van der Waals surface area contributed by atoms with E-state index in [2.05, 4.69) is 16.0 Å². The summed E-state index contributed by atoms with van der Waals surface area (Å²) >= 11 is 0. The van der Waals surface area contributed by atoms with Crippen molar-refractivity contribution in [2.24, 2.45) is 5.92 Å². The molecule has 1 aliphatic carbocycles. The highest BCUT2D eigenvalue weighted by Crippen LogP contribution is 2.30. The van der Waals surface area contributed by atoms with E-state index in [9.17, 15) is 9.59 Å². The smallest absolute Gasteiger partial charge is 0.243 e. The molecule has 3 rings (SSSR count). The summed E-state index contributed by atoms with van der Waals surface area (Å²) in [7, 11) is 0. The number of carbonyl (C=O) groups is 2. The van der Waals surface area contributed by atoms with Gasteiger partial charge >= 0.3 is 0 Å². The molecule has 0 bridgehead atoms. The fourth-order valence-electron chi connectivity index (χ4n) is 2.23. The van der Waals surface area contributed by atoms with Gasteiger partial charge in [0.25, 0.3) is 0 Å². The van der Waals surface area contributed by atoms with Crippen molar-refractivity contribution >= 4 is 35.6 Å². The standard InChI is InChI=1S/C15H19N3O3.ClH/c19-14(10-4-5-10)17-11-2-1-3-12(8-11)18-15(20)13-9-21-7-6-16-13;/h1-3,8,10,13,16H,4-7,9H2,(H,17,19)(H,18,20);1H. The van der Waals surface area contributed by atoms with Crippen molar-refractivity contribution in [2.75, 3.05) is 30.4 Å². The van der Waals surface area contributed by atoms with E-state index in [4.69, 9.17) is 4.74 Å². The Hall–Kier alpha value is -1.63. The molecule has 3 N–H and O–H groups in total. The highest BCUT2D eigenvalue weighted by Gasteiger charge is 2.29. The van der Waals surface area contributed by atoms with E-state index in [1.54, 1.807) is 12.1 Å². The zero-order valence-electron chi connectivity index (χ0n) is 12.1. The van der Waals surface area contributed by atoms with Crippen molar-refractivity contribution in [3.05, 3.63) is 24.3 Å². The predicted molar refractivity (Wildman–Crippen MR) is 86.3 cm³/mol. The van der Waals surface area contributed by atoms with E-state index in [0.717, 1.165) is 12.8 Å². The molecule has 6 nitrogen and oxygen atoms in total. The molecule has 1 saturated carbocycles. The normalized spacial score (nSPS) is 20.6. The van der Waals surface area contributed by atoms with Crippen LogP contribution >= 0.6 is 12.4 Å². The van der Waals surface area contributed by atoms with E-state index >= 15 is 0 Å². The molecule has 2 aliphatic rings. The molecule has 2 fully saturated rings. The van der Waals surface area contributed by atoms with E-state index in [1.165, 1.54) is 0 Å². The molecule has 1 aromatic carbocycles. The van der Waals surface area contributed by atoms with Crippen molar-refractivity contribution in [3.63, 3.8) is 0 Å². The van der Waals surface area contributed by atoms with Crippen LogP contribution in [0, 0.1) is 5.92 Å². The lowest BCUT2D eigenvalue weighted by atomic mass is 10.2. The maximum Gasteiger partial charge on any atom is 0.243 e. The van der Waals surface area contributed by atoms with Crippen molar-refractivity contribution < 1.29 is 14.3 Å². The molecule has 22 heavy (non-hydrogen) atoms. The fourth-order valence-corrected chi connectivity index (χ4v) is 2.23. The second-order valence-corrected chi connectivity index (χ2v) is 5.42. The van der Waals surface area contributed by atoms with Crippen LogP contribution in [0.5, 0.6) is 0 Å². The summed E-state index contributed by atoms with van der Waals surface area (Å²) in [6, 6.07) is 6.86. The lowest BCUT2D eigenvalue weighted by molar-refractivity contribution is -0.120. The summed E-state index contributed by atoms with van der Waals surface area (Å²) in [6.07, 6.45) is 1.94. The third kappa shape index (κ3) is 4.43. The third-order valence-electron chi connectivity index (χ3n) is 3.58. The first kappa shape index (κ1) is 16.7. The van der Waals surface area contributed by atoms with Crippen molar-refractivity contribution in [1.82, 2.24) is 5.32 Å². The highest BCUT2D eigenvalue weighted by molar-refractivity contribution is 5.97. The lowest BCUT2D eigenvalue weighted by Gasteiger charge is -2.23. The quantitative estimate of drug-likeness (QED) is 0.781. The van der Waals surface area contributed by atoms with Crippen LogP contribution in [0.2, 0.25) is 0 Å². The molecule has 0 radical (unpaired) electrons. The molecular weight excluding hydrogens is 306 g/mol. The highest BCUT2D eigenvalue weighted by atomic mass is 35.5. The first-order chi connectivity index (χ1) is 10.2. The minimum absolute atomic E-state index is 0. The summed E-state index contributed by atoms with van der Waals surface area (Å²) < 4.78 is 5.27. The van der Waals surface area contributed by atoms with Crippen LogP contribution in [0.3, 0.4) is 0 Å². The lowest BCUT2D eigenvalue weighted by Crippen LogP contribution is -2.48. The van der Waals surface area contributed by atoms with Crippen LogP contribution in [0.4, 0.5) is 11.4 Å². The first-order valence-electron chi connectivity index (χ1n) is 7.25. The van der Waals surface area contributed by atoms with Gasteiger partial charge in [0.1, 0.15) is 6.04 Å². The molecule has 7 heteroatoms. The van der Waals surface area contributed by atoms with Crippen LogP contribution in [0.25, 0.3) is 0 Å². The third-order valence-corrected chi connectivity index (χ3v) is 3.58. The summed E-state index contributed by atoms with van der Waals surface area (Å²) in [5.74, 6) is 0.0908. The van der Waals surface area contributed by atoms with Crippen LogP contribution < -0.4 is 16.0 Å². The van der Waals surface area contributed by atoms with E-state index in [0.29, 0.717) is 31.1 Å². The Labute approximate surface area is 135 Å². The zero-order chi connectivity index (χ0) is 14.7. The number of halogens is 1. The van der Waals surface area contributed by atoms with Gasteiger partial charge in [0, 0.05) is 23.8 Å². The molecule has 120 valence electrons. The van der Waals surface area contributed by atoms with E-state index in [1.807, 2.05) is 12.1 Å². The minimum atomic E-state index is -0.330. The molecule has 1 aliphatic heterocycles. The summed E-state index contributed by atoms with van der Waals surface area (Å²) in [6.45, 7) is 1.69. The largest absolute Gasteiger partial charge is 0.378 e. The topological polar surface area (TPSA) is 79.5 Å². The van der Waals surface area contributed by atoms with Gasteiger partial charge in [-0.15, -0.1) is 12.4 Å². The second kappa shape index (κ2) is 7.58. The van der Waals surface area contributed by atoms with Crippen LogP contribution in [0.15, 0.2) is 24.3 Å². The number of ether oxygens (including phenoxy) is 1. The number of benzene rings is 1. The number of anilines is 2. The monoisotopic (exact) mass is 325 g/mol. The van der Waals surface area contributed by atoms with E-state index < -0.39 is 0 Å². The van der Waals surface area contributed by atoms with Gasteiger partial charge < -0.3 is 20.7 Å². The SMILES string of the molecule is Cl.O=C(Nc1cccc(NC(=O)C2COCCN2)c1)C1CC1. The van der Waals surface area contributed by atoms with Gasteiger partial charge in [0.05, 0.1) is 13.2 Å². The molecule has 1 saturated heterocycles. The average molecular weight is 326 g/mol. The summed E-state index contributed by atoms with van der Waals surface area (Å²) in [4.78, 5) is 23.8. The van der Waals surface area contributed by atoms with Crippen molar-refractivity contribution in [2.45, 2.75) is 18.9 Å². The van der Waals surface area contributed by atoms with Gasteiger partial charge in [-0.25, -0.2) is 0 Å². The van der Waals surface area contributed by atoms with E-state index in [-0.39, 0.29) is 36.2 Å². The molecule has 0 aromatic heterocycles. The van der Waals surface area contributed by atoms with Crippen molar-refractivity contribution in [3.8, 4) is 0 Å². The number of morpholine rings is 1. The molecule has 0 spiro atoms. The molecular formula is C15H20ClN3O3. The second-order valence-electron chi connectivity index (χ2n) is 5.42. The Kier molecular flexibility index (Phi) is 5.76. The predicted octanol–water partition coefficient (Wildman–Crippen LogP) is 1.38. The van der Waals surface area contributed by atoms with Crippen LogP contribution in [-0.2, 0) is 14.3 Å². The van der Waals surface area contributed by atoms with Crippen LogP contribution in [-0.4, -0.2) is 37.6 Å². The number of amides is 2. The maximum absolute atomic E-state index is 12.1. The Morgan fingerprint density at radius 1 is 1.14 bits per heavy atom. The average Bonchev–Trinajstić information content (AvgIpc) is 3.33. The summed E-state index contributed by atoms with van der Waals surface area (Å²) in [5.41, 5.74) is 1.37. The molecule has 1 heterocycles. The Balaban J connectivity index is 0.00000176. The fraction of sp³-hybridized carbons (Fsp3) is 0.467. The molecule has 2 amide bonds. The van der Waals surface area contributed by atoms with Gasteiger partial charge in [0.2, 0.25) is 11.8 Å². The maximum atomic E-state index is 12.1. The van der Waals surface area contributed by atoms with Crippen molar-refractivity contribution in [1.29, 1.82) is 0 Å². The number of rotatable bonds is 4. The Bertz CT molecular complexity index is 543. The minimum Gasteiger partial charge on any atom is -0.378 e. The Morgan fingerprint density at radius 3 is 2.41 bits per heavy atom. The summed E-state index contributed by atoms with van der Waals surface area (Å²) in [5, 5.41) is 8.81. The Morgan fingerprint density at radius 2 is 1.82 bits per heavy atom. The van der Waals surface area contributed by atoms with Gasteiger partial charge in [-0.2, -0.15) is 0 Å². The molecule has 1 atom stereocenters. The molecule has 1 unspecified atom stereocenters. The van der Waals surface area contributed by atoms with Gasteiger partial charge in [-0.1, -0.05) is 6.07 Å². The molecule has 1 aromatic rings. The van der Waals surface area contributed by atoms with Gasteiger partial charge in [-0.3, -0.25) is 9.59 Å². The first-order valence-corrected chi connectivity index (χ1v) is 7.25. The van der Waals surface area contributed by atoms with Gasteiger partial charge in [0.15, 0.2) is 0 Å². The number of hydrogen-bond donors (Lipinski definition) is 3. The van der Waals surface area contributed by atoms with Crippen LogP contribution in [0.1, 0.15) is 12.8 Å². The number of hydrogen-bond acceptors (Lipinski definition) is 4. The zero-order valence-corrected chi connectivity index (χ0v) is 12.9.